The summed E-state index contributed by atoms with van der Waals surface area (Å²) in [6.07, 6.45) is 6.17. The molecule has 6 atom stereocenters. The summed E-state index contributed by atoms with van der Waals surface area (Å²) in [6.45, 7) is 10.9. The second-order valence-corrected chi connectivity index (χ2v) is 12.9. The highest BCUT2D eigenvalue weighted by Gasteiger charge is 2.69. The topological polar surface area (TPSA) is 69.7 Å². The number of hydrogen-bond acceptors (Lipinski definition) is 5. The van der Waals surface area contributed by atoms with Crippen molar-refractivity contribution < 1.29 is 22.1 Å². The van der Waals surface area contributed by atoms with Gasteiger partial charge in [0.1, 0.15) is 0 Å². The number of carbonyl (C=O) groups excluding carboxylic acids is 1. The van der Waals surface area contributed by atoms with Gasteiger partial charge in [-0.25, -0.2) is 0 Å². The van der Waals surface area contributed by atoms with Crippen LogP contribution in [0, 0.1) is 28.6 Å². The van der Waals surface area contributed by atoms with E-state index in [1.807, 2.05) is 6.92 Å². The standard InChI is InChI=1S/C29H38O5S/c1-5-33-27(30)29-14-9-10-19(2)21(4)24(29)17-26(34-35(31,32)23-11-7-6-8-12-23)28-15-13-22(16-25(28)29)20(3)18-28/h6-8,11-12,22,24-26H,3,5,9-10,13-18H2,1-2,4H3/t22-,24-,25?,26+,28+,29?/m0/s1. The van der Waals surface area contributed by atoms with Crippen LogP contribution in [-0.2, 0) is 23.8 Å². The SMILES string of the molecule is C=C1C[C@]23CC[C@H]1CC2C1(C(=O)OCC)CCCC(C)=C(C)[C@@H]1C[C@H]3OS(=O)(=O)c1ccccc1. The predicted molar refractivity (Wildman–Crippen MR) is 135 cm³/mol. The summed E-state index contributed by atoms with van der Waals surface area (Å²) in [5, 5.41) is 0. The summed E-state index contributed by atoms with van der Waals surface area (Å²) in [4.78, 5) is 14.1. The summed E-state index contributed by atoms with van der Waals surface area (Å²) >= 11 is 0. The molecular weight excluding hydrogens is 460 g/mol. The van der Waals surface area contributed by atoms with Crippen LogP contribution in [0.25, 0.3) is 0 Å². The average Bonchev–Trinajstić information content (AvgIpc) is 2.97. The number of ether oxygens (including phenoxy) is 1. The summed E-state index contributed by atoms with van der Waals surface area (Å²) in [7, 11) is -3.95. The lowest BCUT2D eigenvalue weighted by Crippen LogP contribution is -2.65. The molecule has 0 saturated heterocycles. The molecule has 0 heterocycles. The Labute approximate surface area is 210 Å². The van der Waals surface area contributed by atoms with Gasteiger partial charge in [0.05, 0.1) is 23.0 Å². The van der Waals surface area contributed by atoms with E-state index in [0.717, 1.165) is 44.9 Å². The Kier molecular flexibility index (Phi) is 6.28. The van der Waals surface area contributed by atoms with Crippen LogP contribution in [0.4, 0.5) is 0 Å². The van der Waals surface area contributed by atoms with Gasteiger partial charge in [-0.15, -0.1) is 0 Å². The molecular formula is C29H38O5S. The first-order valence-corrected chi connectivity index (χ1v) is 14.6. The van der Waals surface area contributed by atoms with E-state index in [1.165, 1.54) is 16.7 Å². The van der Waals surface area contributed by atoms with Gasteiger partial charge in [0.15, 0.2) is 0 Å². The Morgan fingerprint density at radius 2 is 1.89 bits per heavy atom. The third-order valence-corrected chi connectivity index (χ3v) is 11.2. The van der Waals surface area contributed by atoms with Crippen LogP contribution < -0.4 is 0 Å². The van der Waals surface area contributed by atoms with Crippen molar-refractivity contribution in [3.8, 4) is 0 Å². The molecule has 6 rings (SSSR count). The zero-order valence-electron chi connectivity index (χ0n) is 21.2. The molecule has 35 heavy (non-hydrogen) atoms. The minimum Gasteiger partial charge on any atom is -0.466 e. The van der Waals surface area contributed by atoms with Gasteiger partial charge in [0, 0.05) is 5.41 Å². The summed E-state index contributed by atoms with van der Waals surface area (Å²) in [6, 6.07) is 8.43. The molecule has 0 radical (unpaired) electrons. The lowest BCUT2D eigenvalue weighted by Gasteiger charge is -2.65. The molecule has 4 fully saturated rings. The van der Waals surface area contributed by atoms with E-state index in [4.69, 9.17) is 8.92 Å². The second-order valence-electron chi connectivity index (χ2n) is 11.3. The van der Waals surface area contributed by atoms with Gasteiger partial charge < -0.3 is 4.74 Å². The van der Waals surface area contributed by atoms with Crippen molar-refractivity contribution in [1.29, 1.82) is 0 Å². The molecule has 0 aromatic heterocycles. The van der Waals surface area contributed by atoms with Gasteiger partial charge in [0.2, 0.25) is 0 Å². The second kappa shape index (κ2) is 8.88. The first-order chi connectivity index (χ1) is 16.7. The third kappa shape index (κ3) is 3.74. The van der Waals surface area contributed by atoms with Crippen LogP contribution in [0.2, 0.25) is 0 Å². The fourth-order valence-corrected chi connectivity index (χ4v) is 9.34. The fraction of sp³-hybridized carbons (Fsp3) is 0.621. The lowest BCUT2D eigenvalue weighted by atomic mass is 9.39. The van der Waals surface area contributed by atoms with Crippen LogP contribution in [0.15, 0.2) is 58.5 Å². The zero-order chi connectivity index (χ0) is 25.0. The molecule has 5 nitrogen and oxygen atoms in total. The van der Waals surface area contributed by atoms with E-state index in [9.17, 15) is 13.2 Å². The highest BCUT2D eigenvalue weighted by atomic mass is 32.2. The van der Waals surface area contributed by atoms with Gasteiger partial charge in [-0.3, -0.25) is 8.98 Å². The molecule has 2 unspecified atom stereocenters. The Hall–Kier alpha value is -1.92. The number of benzene rings is 1. The maximum Gasteiger partial charge on any atom is 0.312 e. The van der Waals surface area contributed by atoms with E-state index < -0.39 is 27.1 Å². The first-order valence-electron chi connectivity index (χ1n) is 13.1. The van der Waals surface area contributed by atoms with Crippen molar-refractivity contribution in [3.63, 3.8) is 0 Å². The van der Waals surface area contributed by atoms with E-state index in [1.54, 1.807) is 30.3 Å². The Bertz CT molecular complexity index is 1150. The molecule has 6 heteroatoms. The Balaban J connectivity index is 1.66. The Morgan fingerprint density at radius 1 is 1.14 bits per heavy atom. The van der Waals surface area contributed by atoms with Crippen LogP contribution in [0.5, 0.6) is 0 Å². The molecule has 0 amide bonds. The first kappa shape index (κ1) is 24.8. The van der Waals surface area contributed by atoms with Crippen molar-refractivity contribution in [2.75, 3.05) is 6.61 Å². The predicted octanol–water partition coefficient (Wildman–Crippen LogP) is 6.21. The van der Waals surface area contributed by atoms with E-state index in [-0.39, 0.29) is 22.7 Å². The summed E-state index contributed by atoms with van der Waals surface area (Å²) in [5.74, 6) is 0.232. The van der Waals surface area contributed by atoms with Gasteiger partial charge in [-0.1, -0.05) is 41.5 Å². The van der Waals surface area contributed by atoms with Crippen LogP contribution in [0.1, 0.15) is 72.1 Å². The van der Waals surface area contributed by atoms with Crippen molar-refractivity contribution in [2.45, 2.75) is 83.1 Å². The number of hydrogen-bond donors (Lipinski definition) is 0. The lowest BCUT2D eigenvalue weighted by molar-refractivity contribution is -0.203. The quantitative estimate of drug-likeness (QED) is 0.274. The minimum atomic E-state index is -3.95. The van der Waals surface area contributed by atoms with E-state index in [0.29, 0.717) is 18.9 Å². The number of esters is 1. The fourth-order valence-electron chi connectivity index (χ4n) is 8.16. The number of carbonyl (C=O) groups is 1. The van der Waals surface area contributed by atoms with Gasteiger partial charge in [-0.2, -0.15) is 8.42 Å². The van der Waals surface area contributed by atoms with Crippen LogP contribution in [-0.4, -0.2) is 27.1 Å². The normalized spacial score (nSPS) is 36.8. The average molecular weight is 499 g/mol. The molecule has 1 aromatic rings. The molecule has 0 aliphatic heterocycles. The maximum absolute atomic E-state index is 14.0. The van der Waals surface area contributed by atoms with E-state index >= 15 is 0 Å². The van der Waals surface area contributed by atoms with Gasteiger partial charge in [-0.05, 0) is 102 Å². The smallest absolute Gasteiger partial charge is 0.312 e. The molecule has 1 spiro atoms. The number of fused-ring (bicyclic) bond motifs is 3. The van der Waals surface area contributed by atoms with Crippen LogP contribution >= 0.6 is 0 Å². The third-order valence-electron chi connectivity index (χ3n) is 9.91. The summed E-state index contributed by atoms with van der Waals surface area (Å²) in [5.41, 5.74) is 2.67. The molecule has 190 valence electrons. The minimum absolute atomic E-state index is 0.0221. The van der Waals surface area contributed by atoms with Crippen molar-refractivity contribution in [3.05, 3.63) is 53.6 Å². The number of allylic oxidation sites excluding steroid dienone is 3. The summed E-state index contributed by atoms with van der Waals surface area (Å²) < 4.78 is 39.0. The molecule has 0 N–H and O–H groups in total. The monoisotopic (exact) mass is 498 g/mol. The molecule has 5 aliphatic rings. The molecule has 4 saturated carbocycles. The number of rotatable bonds is 5. The van der Waals surface area contributed by atoms with Crippen LogP contribution in [0.3, 0.4) is 0 Å². The molecule has 1 aromatic carbocycles. The van der Waals surface area contributed by atoms with Gasteiger partial charge in [0.25, 0.3) is 10.1 Å². The molecule has 2 bridgehead atoms. The van der Waals surface area contributed by atoms with Gasteiger partial charge >= 0.3 is 5.97 Å². The highest BCUT2D eigenvalue weighted by molar-refractivity contribution is 7.86. The Morgan fingerprint density at radius 3 is 2.57 bits per heavy atom. The van der Waals surface area contributed by atoms with E-state index in [2.05, 4.69) is 20.4 Å². The maximum atomic E-state index is 14.0. The van der Waals surface area contributed by atoms with Crippen molar-refractivity contribution in [2.24, 2.45) is 28.6 Å². The largest absolute Gasteiger partial charge is 0.466 e. The van der Waals surface area contributed by atoms with Crippen molar-refractivity contribution in [1.82, 2.24) is 0 Å². The highest BCUT2D eigenvalue weighted by Crippen LogP contribution is 2.71. The van der Waals surface area contributed by atoms with Crippen molar-refractivity contribution >= 4 is 16.1 Å². The molecule has 5 aliphatic carbocycles. The zero-order valence-corrected chi connectivity index (χ0v) is 22.0.